The molecule has 0 aliphatic heterocycles. The average molecular weight is 205 g/mol. The van der Waals surface area contributed by atoms with E-state index in [1.54, 1.807) is 12.1 Å². The molecule has 0 aliphatic rings. The first kappa shape index (κ1) is 9.41. The Morgan fingerprint density at radius 1 is 1.36 bits per heavy atom. The molecule has 0 fully saturated rings. The van der Waals surface area contributed by atoms with E-state index in [1.165, 1.54) is 0 Å². The van der Waals surface area contributed by atoms with Crippen molar-refractivity contribution >= 4 is 22.5 Å². The van der Waals surface area contributed by atoms with Crippen LogP contribution < -0.4 is 0 Å². The van der Waals surface area contributed by atoms with Crippen LogP contribution >= 0.6 is 11.6 Å². The molecule has 0 N–H and O–H groups in total. The predicted molar refractivity (Wildman–Crippen MR) is 57.3 cm³/mol. The van der Waals surface area contributed by atoms with Crippen molar-refractivity contribution in [1.82, 2.24) is 9.97 Å². The van der Waals surface area contributed by atoms with E-state index in [0.29, 0.717) is 10.7 Å². The lowest BCUT2D eigenvalue weighted by atomic mass is 10.2. The topological polar surface area (TPSA) is 25.8 Å². The lowest BCUT2D eigenvalue weighted by Gasteiger charge is -2.03. The molecule has 2 rings (SSSR count). The Labute approximate surface area is 88.0 Å². The van der Waals surface area contributed by atoms with Gasteiger partial charge in [0, 0.05) is 23.8 Å². The van der Waals surface area contributed by atoms with Crippen LogP contribution in [0.25, 0.3) is 10.9 Å². The third-order valence-corrected chi connectivity index (χ3v) is 2.28. The van der Waals surface area contributed by atoms with Gasteiger partial charge in [0.2, 0.25) is 0 Å². The minimum atomic E-state index is 0.495. The summed E-state index contributed by atoms with van der Waals surface area (Å²) in [5.74, 6) is 0.761. The Kier molecular flexibility index (Phi) is 2.38. The van der Waals surface area contributed by atoms with Crippen molar-refractivity contribution in [3.8, 4) is 0 Å². The van der Waals surface area contributed by atoms with Crippen molar-refractivity contribution in [2.24, 2.45) is 0 Å². The number of nitrogens with zero attached hydrogens (tertiary/aromatic N) is 2. The van der Waals surface area contributed by atoms with Gasteiger partial charge in [0.15, 0.2) is 0 Å². The lowest BCUT2D eigenvalue weighted by molar-refractivity contribution is 0.951. The van der Waals surface area contributed by atoms with Crippen LogP contribution in [0, 0.1) is 6.92 Å². The van der Waals surface area contributed by atoms with Crippen LogP contribution in [-0.2, 0) is 6.42 Å². The summed E-state index contributed by atoms with van der Waals surface area (Å²) in [5.41, 5.74) is 1.34. The first-order valence-corrected chi connectivity index (χ1v) is 4.80. The number of halogens is 1. The molecule has 2 aromatic rings. The molecule has 0 aliphatic carbocycles. The number of hydrogen-bond donors (Lipinski definition) is 0. The zero-order valence-corrected chi connectivity index (χ0v) is 8.54. The van der Waals surface area contributed by atoms with Crippen LogP contribution in [0.4, 0.5) is 0 Å². The second kappa shape index (κ2) is 3.54. The predicted octanol–water partition coefficient (Wildman–Crippen LogP) is 2.90. The van der Waals surface area contributed by atoms with E-state index < -0.39 is 0 Å². The van der Waals surface area contributed by atoms with Crippen LogP contribution in [0.15, 0.2) is 18.2 Å². The van der Waals surface area contributed by atoms with Crippen molar-refractivity contribution < 1.29 is 0 Å². The number of hydrogen-bond acceptors (Lipinski definition) is 2. The molecule has 0 amide bonds. The molecule has 2 nitrogen and oxygen atoms in total. The highest BCUT2D eigenvalue weighted by molar-refractivity contribution is 6.31. The van der Waals surface area contributed by atoms with Gasteiger partial charge in [-0.2, -0.15) is 0 Å². The second-order valence-corrected chi connectivity index (χ2v) is 3.48. The van der Waals surface area contributed by atoms with Gasteiger partial charge >= 0.3 is 0 Å². The summed E-state index contributed by atoms with van der Waals surface area (Å²) in [6.07, 6.45) is 0.781. The molecule has 1 aromatic heterocycles. The first-order valence-electron chi connectivity index (χ1n) is 4.42. The minimum absolute atomic E-state index is 0.495. The van der Waals surface area contributed by atoms with E-state index in [4.69, 9.17) is 18.5 Å². The lowest BCUT2D eigenvalue weighted by Crippen LogP contribution is -1.96. The van der Waals surface area contributed by atoms with Crippen molar-refractivity contribution in [1.29, 1.82) is 0 Å². The zero-order valence-electron chi connectivity index (χ0n) is 7.79. The maximum atomic E-state index is 5.85. The molecule has 1 heterocycles. The van der Waals surface area contributed by atoms with Gasteiger partial charge in [-0.3, -0.25) is 0 Å². The number of aryl methyl sites for hydroxylation is 1. The Morgan fingerprint density at radius 3 is 2.86 bits per heavy atom. The van der Waals surface area contributed by atoms with E-state index >= 15 is 0 Å². The number of aromatic nitrogens is 2. The van der Waals surface area contributed by atoms with Gasteiger partial charge in [0.1, 0.15) is 5.82 Å². The van der Waals surface area contributed by atoms with Crippen molar-refractivity contribution in [2.45, 2.75) is 13.3 Å². The number of fused-ring (bicyclic) bond motifs is 1. The van der Waals surface area contributed by atoms with Crippen LogP contribution in [0.2, 0.25) is 5.02 Å². The smallest absolute Gasteiger partial charge is 0.129 e. The summed E-state index contributed by atoms with van der Waals surface area (Å²) < 4.78 is 0. The Hall–Kier alpha value is -1.15. The van der Waals surface area contributed by atoms with Crippen LogP contribution in [0.5, 0.6) is 0 Å². The molecule has 3 heteroatoms. The van der Waals surface area contributed by atoms with Gasteiger partial charge in [-0.15, -0.1) is 0 Å². The van der Waals surface area contributed by atoms with Crippen molar-refractivity contribution in [3.05, 3.63) is 41.7 Å². The van der Waals surface area contributed by atoms with E-state index in [2.05, 4.69) is 9.97 Å². The molecule has 1 aromatic carbocycles. The van der Waals surface area contributed by atoms with Crippen LogP contribution in [-0.4, -0.2) is 9.97 Å². The molecule has 2 radical (unpaired) electrons. The SMILES string of the molecule is [CH]c1nc(CC)nc2ccc(Cl)cc12. The third-order valence-electron chi connectivity index (χ3n) is 2.05. The Bertz CT molecular complexity index is 480. The molecule has 0 saturated carbocycles. The van der Waals surface area contributed by atoms with E-state index in [1.807, 2.05) is 13.0 Å². The Balaban J connectivity index is 2.76. The number of benzene rings is 1. The van der Waals surface area contributed by atoms with Gasteiger partial charge < -0.3 is 0 Å². The minimum Gasteiger partial charge on any atom is -0.237 e. The van der Waals surface area contributed by atoms with E-state index in [9.17, 15) is 0 Å². The fourth-order valence-corrected chi connectivity index (χ4v) is 1.50. The maximum Gasteiger partial charge on any atom is 0.129 e. The van der Waals surface area contributed by atoms with Gasteiger partial charge in [-0.1, -0.05) is 18.5 Å². The highest BCUT2D eigenvalue weighted by Crippen LogP contribution is 2.20. The standard InChI is InChI=1S/C11H9ClN2/c1-3-11-13-7(2)9-6-8(12)4-5-10(9)14-11/h2,4-6H,3H2,1H3. The third kappa shape index (κ3) is 1.58. The summed E-state index contributed by atoms with van der Waals surface area (Å²) in [5, 5.41) is 1.46. The Morgan fingerprint density at radius 2 is 2.14 bits per heavy atom. The molecule has 0 saturated heterocycles. The molecule has 0 spiro atoms. The van der Waals surface area contributed by atoms with E-state index in [0.717, 1.165) is 23.1 Å². The normalized spacial score (nSPS) is 10.8. The van der Waals surface area contributed by atoms with E-state index in [-0.39, 0.29) is 0 Å². The van der Waals surface area contributed by atoms with Crippen LogP contribution in [0.1, 0.15) is 18.4 Å². The highest BCUT2D eigenvalue weighted by Gasteiger charge is 2.03. The molecule has 0 unspecified atom stereocenters. The monoisotopic (exact) mass is 204 g/mol. The van der Waals surface area contributed by atoms with Crippen LogP contribution in [0.3, 0.4) is 0 Å². The molecular weight excluding hydrogens is 196 g/mol. The molecular formula is C11H9ClN2. The zero-order chi connectivity index (χ0) is 10.1. The van der Waals surface area contributed by atoms with Crippen molar-refractivity contribution in [3.63, 3.8) is 0 Å². The summed E-state index contributed by atoms with van der Waals surface area (Å²) >= 11 is 5.85. The van der Waals surface area contributed by atoms with Gasteiger partial charge in [0.05, 0.1) is 11.2 Å². The fourth-order valence-electron chi connectivity index (χ4n) is 1.33. The summed E-state index contributed by atoms with van der Waals surface area (Å²) in [4.78, 5) is 8.51. The first-order chi connectivity index (χ1) is 6.70. The summed E-state index contributed by atoms with van der Waals surface area (Å²) in [6.45, 7) is 7.79. The van der Waals surface area contributed by atoms with Gasteiger partial charge in [0.25, 0.3) is 0 Å². The largest absolute Gasteiger partial charge is 0.237 e. The highest BCUT2D eigenvalue weighted by atomic mass is 35.5. The average Bonchev–Trinajstić information content (AvgIpc) is 2.19. The molecule has 0 bridgehead atoms. The summed E-state index contributed by atoms with van der Waals surface area (Å²) in [6, 6.07) is 5.44. The van der Waals surface area contributed by atoms with Gasteiger partial charge in [-0.25, -0.2) is 9.97 Å². The van der Waals surface area contributed by atoms with Gasteiger partial charge in [-0.05, 0) is 18.2 Å². The molecule has 14 heavy (non-hydrogen) atoms. The quantitative estimate of drug-likeness (QED) is 0.714. The van der Waals surface area contributed by atoms with Crippen molar-refractivity contribution in [2.75, 3.05) is 0 Å². The maximum absolute atomic E-state index is 5.85. The number of rotatable bonds is 1. The molecule has 70 valence electrons. The molecule has 0 atom stereocenters. The summed E-state index contributed by atoms with van der Waals surface area (Å²) in [7, 11) is 0. The fraction of sp³-hybridized carbons (Fsp3) is 0.182. The second-order valence-electron chi connectivity index (χ2n) is 3.04.